The molecule has 0 amide bonds. The monoisotopic (exact) mass is 217 g/mol. The maximum Gasteiger partial charge on any atom is 0.292 e. The summed E-state index contributed by atoms with van der Waals surface area (Å²) in [6, 6.07) is 10.5. The molecule has 84 valence electrons. The molecule has 2 N–H and O–H groups in total. The molecule has 0 bridgehead atoms. The van der Waals surface area contributed by atoms with Gasteiger partial charge in [0.05, 0.1) is 12.7 Å². The average molecular weight is 217 g/mol. The summed E-state index contributed by atoms with van der Waals surface area (Å²) in [5, 5.41) is 0. The van der Waals surface area contributed by atoms with Gasteiger partial charge in [-0.3, -0.25) is 4.90 Å². The first-order valence-corrected chi connectivity index (χ1v) is 5.16. The van der Waals surface area contributed by atoms with E-state index in [4.69, 9.17) is 10.2 Å². The molecule has 1 aromatic heterocycles. The number of hydrogen-bond acceptors (Lipinski definition) is 4. The zero-order chi connectivity index (χ0) is 11.4. The minimum absolute atomic E-state index is 0.225. The molecule has 0 saturated heterocycles. The summed E-state index contributed by atoms with van der Waals surface area (Å²) >= 11 is 0. The number of rotatable bonds is 4. The van der Waals surface area contributed by atoms with Gasteiger partial charge in [-0.15, -0.1) is 0 Å². The third-order valence-electron chi connectivity index (χ3n) is 2.29. The molecule has 0 spiro atoms. The van der Waals surface area contributed by atoms with Gasteiger partial charge in [-0.1, -0.05) is 30.3 Å². The number of nitrogens with two attached hydrogens (primary N) is 1. The lowest BCUT2D eigenvalue weighted by Gasteiger charge is -2.14. The quantitative estimate of drug-likeness (QED) is 0.849. The van der Waals surface area contributed by atoms with Crippen molar-refractivity contribution in [2.45, 2.75) is 13.1 Å². The van der Waals surface area contributed by atoms with Gasteiger partial charge in [0.1, 0.15) is 5.76 Å². The van der Waals surface area contributed by atoms with Crippen LogP contribution in [0.15, 0.2) is 40.9 Å². The smallest absolute Gasteiger partial charge is 0.292 e. The Balaban J connectivity index is 1.92. The van der Waals surface area contributed by atoms with Crippen LogP contribution in [0.5, 0.6) is 0 Å². The molecule has 0 aliphatic carbocycles. The van der Waals surface area contributed by atoms with Crippen LogP contribution in [0.2, 0.25) is 0 Å². The lowest BCUT2D eigenvalue weighted by molar-refractivity contribution is 0.290. The normalized spacial score (nSPS) is 10.9. The van der Waals surface area contributed by atoms with Crippen LogP contribution in [0.25, 0.3) is 0 Å². The van der Waals surface area contributed by atoms with Crippen LogP contribution >= 0.6 is 0 Å². The maximum absolute atomic E-state index is 5.41. The molecule has 2 rings (SSSR count). The minimum atomic E-state index is 0.225. The first kappa shape index (κ1) is 10.7. The molecule has 0 unspecified atom stereocenters. The van der Waals surface area contributed by atoms with Gasteiger partial charge in [0.2, 0.25) is 0 Å². The number of anilines is 1. The summed E-state index contributed by atoms with van der Waals surface area (Å²) < 4.78 is 5.22. The van der Waals surface area contributed by atoms with E-state index >= 15 is 0 Å². The number of oxazole rings is 1. The molecule has 0 aliphatic heterocycles. The first-order valence-electron chi connectivity index (χ1n) is 5.16. The number of aromatic nitrogens is 1. The van der Waals surface area contributed by atoms with E-state index in [-0.39, 0.29) is 6.01 Å². The third-order valence-corrected chi connectivity index (χ3v) is 2.29. The van der Waals surface area contributed by atoms with Crippen molar-refractivity contribution in [2.75, 3.05) is 12.8 Å². The Morgan fingerprint density at radius 2 is 2.00 bits per heavy atom. The van der Waals surface area contributed by atoms with Crippen LogP contribution in [0.4, 0.5) is 6.01 Å². The Hall–Kier alpha value is -1.81. The first-order chi connectivity index (χ1) is 7.74. The van der Waals surface area contributed by atoms with Gasteiger partial charge in [0.15, 0.2) is 0 Å². The molecule has 2 aromatic rings. The van der Waals surface area contributed by atoms with Crippen LogP contribution in [0.1, 0.15) is 11.3 Å². The van der Waals surface area contributed by atoms with E-state index in [2.05, 4.69) is 22.0 Å². The van der Waals surface area contributed by atoms with Crippen molar-refractivity contribution >= 4 is 6.01 Å². The van der Waals surface area contributed by atoms with E-state index in [1.807, 2.05) is 25.2 Å². The van der Waals surface area contributed by atoms with Crippen molar-refractivity contribution in [1.82, 2.24) is 9.88 Å². The van der Waals surface area contributed by atoms with Gasteiger partial charge >= 0.3 is 0 Å². The van der Waals surface area contributed by atoms with E-state index in [9.17, 15) is 0 Å². The van der Waals surface area contributed by atoms with Gasteiger partial charge in [-0.25, -0.2) is 4.98 Å². The predicted molar refractivity (Wildman–Crippen MR) is 62.5 cm³/mol. The highest BCUT2D eigenvalue weighted by atomic mass is 16.4. The van der Waals surface area contributed by atoms with Crippen molar-refractivity contribution in [3.05, 3.63) is 47.9 Å². The van der Waals surface area contributed by atoms with E-state index in [0.29, 0.717) is 6.54 Å². The second-order valence-corrected chi connectivity index (χ2v) is 3.82. The van der Waals surface area contributed by atoms with Crippen LogP contribution in [-0.2, 0) is 13.1 Å². The molecule has 4 nitrogen and oxygen atoms in total. The van der Waals surface area contributed by atoms with E-state index in [1.165, 1.54) is 5.56 Å². The summed E-state index contributed by atoms with van der Waals surface area (Å²) in [6.45, 7) is 1.58. The van der Waals surface area contributed by atoms with Crippen LogP contribution in [0, 0.1) is 0 Å². The van der Waals surface area contributed by atoms with Crippen molar-refractivity contribution < 1.29 is 4.42 Å². The molecule has 0 fully saturated rings. The van der Waals surface area contributed by atoms with Crippen molar-refractivity contribution in [1.29, 1.82) is 0 Å². The molecule has 0 saturated carbocycles. The SMILES string of the molecule is CN(Cc1ccccc1)Cc1cnc(N)o1. The Bertz CT molecular complexity index is 439. The van der Waals surface area contributed by atoms with Crippen LogP contribution in [0.3, 0.4) is 0 Å². The van der Waals surface area contributed by atoms with Crippen molar-refractivity contribution in [2.24, 2.45) is 0 Å². The van der Waals surface area contributed by atoms with E-state index < -0.39 is 0 Å². The molecule has 1 aromatic carbocycles. The van der Waals surface area contributed by atoms with E-state index in [1.54, 1.807) is 6.20 Å². The van der Waals surface area contributed by atoms with Crippen LogP contribution in [-0.4, -0.2) is 16.9 Å². The van der Waals surface area contributed by atoms with Crippen LogP contribution < -0.4 is 5.73 Å². The number of nitrogens with zero attached hydrogens (tertiary/aromatic N) is 2. The fourth-order valence-corrected chi connectivity index (χ4v) is 1.61. The molecule has 0 aliphatic rings. The molecule has 1 heterocycles. The average Bonchev–Trinajstić information content (AvgIpc) is 2.65. The summed E-state index contributed by atoms with van der Waals surface area (Å²) in [4.78, 5) is 6.01. The van der Waals surface area contributed by atoms with Crippen molar-refractivity contribution in [3.8, 4) is 0 Å². The number of nitrogen functional groups attached to an aromatic ring is 1. The number of hydrogen-bond donors (Lipinski definition) is 1. The summed E-state index contributed by atoms with van der Waals surface area (Å²) in [6.07, 6.45) is 1.66. The fraction of sp³-hybridized carbons (Fsp3) is 0.250. The van der Waals surface area contributed by atoms with Gasteiger partial charge in [0, 0.05) is 6.54 Å². The van der Waals surface area contributed by atoms with Gasteiger partial charge in [0.25, 0.3) is 6.01 Å². The Kier molecular flexibility index (Phi) is 3.22. The summed E-state index contributed by atoms with van der Waals surface area (Å²) in [5.74, 6) is 0.788. The molecule has 4 heteroatoms. The fourth-order valence-electron chi connectivity index (χ4n) is 1.61. The standard InChI is InChI=1S/C12H15N3O/c1-15(8-10-5-3-2-4-6-10)9-11-7-14-12(13)16-11/h2-7H,8-9H2,1H3,(H2,13,14). The molecular formula is C12H15N3O. The lowest BCUT2D eigenvalue weighted by atomic mass is 10.2. The maximum atomic E-state index is 5.41. The summed E-state index contributed by atoms with van der Waals surface area (Å²) in [7, 11) is 2.03. The molecular weight excluding hydrogens is 202 g/mol. The third kappa shape index (κ3) is 2.84. The topological polar surface area (TPSA) is 55.3 Å². The van der Waals surface area contributed by atoms with Gasteiger partial charge in [-0.05, 0) is 12.6 Å². The molecule has 0 radical (unpaired) electrons. The lowest BCUT2D eigenvalue weighted by Crippen LogP contribution is -2.16. The highest BCUT2D eigenvalue weighted by molar-refractivity contribution is 5.15. The predicted octanol–water partition coefficient (Wildman–Crippen LogP) is 1.89. The van der Waals surface area contributed by atoms with Crippen molar-refractivity contribution in [3.63, 3.8) is 0 Å². The second-order valence-electron chi connectivity index (χ2n) is 3.82. The Morgan fingerprint density at radius 3 is 2.62 bits per heavy atom. The minimum Gasteiger partial charge on any atom is -0.428 e. The second kappa shape index (κ2) is 4.81. The molecule has 16 heavy (non-hydrogen) atoms. The van der Waals surface area contributed by atoms with Gasteiger partial charge in [-0.2, -0.15) is 0 Å². The van der Waals surface area contributed by atoms with Gasteiger partial charge < -0.3 is 10.2 Å². The number of benzene rings is 1. The zero-order valence-electron chi connectivity index (χ0n) is 9.26. The zero-order valence-corrected chi connectivity index (χ0v) is 9.26. The Morgan fingerprint density at radius 1 is 1.25 bits per heavy atom. The van der Waals surface area contributed by atoms with E-state index in [0.717, 1.165) is 12.3 Å². The highest BCUT2D eigenvalue weighted by Crippen LogP contribution is 2.09. The Labute approximate surface area is 94.7 Å². The highest BCUT2D eigenvalue weighted by Gasteiger charge is 2.05. The summed E-state index contributed by atoms with van der Waals surface area (Å²) in [5.41, 5.74) is 6.69. The molecule has 0 atom stereocenters. The largest absolute Gasteiger partial charge is 0.428 e.